The fourth-order valence-electron chi connectivity index (χ4n) is 1.71. The largest absolute Gasteiger partial charge is 0.462 e. The van der Waals surface area contributed by atoms with Crippen LogP contribution in [0.4, 0.5) is 0 Å². The molecule has 1 aromatic rings. The highest BCUT2D eigenvalue weighted by molar-refractivity contribution is 5.96. The molecule has 0 saturated heterocycles. The second kappa shape index (κ2) is 4.22. The van der Waals surface area contributed by atoms with Crippen LogP contribution in [0.5, 0.6) is 5.75 Å². The second-order valence-electron chi connectivity index (χ2n) is 3.90. The van der Waals surface area contributed by atoms with Gasteiger partial charge in [0, 0.05) is 12.5 Å². The summed E-state index contributed by atoms with van der Waals surface area (Å²) in [5.74, 6) is -1.67. The molecule has 0 aliphatic carbocycles. The van der Waals surface area contributed by atoms with Gasteiger partial charge in [0.05, 0.1) is 6.61 Å². The molecule has 1 unspecified atom stereocenters. The Labute approximate surface area is 99.5 Å². The molecule has 1 N–H and O–H groups in total. The van der Waals surface area contributed by atoms with E-state index in [1.165, 1.54) is 6.92 Å². The van der Waals surface area contributed by atoms with E-state index in [4.69, 9.17) is 9.47 Å². The number of esters is 1. The van der Waals surface area contributed by atoms with Gasteiger partial charge in [0.2, 0.25) is 5.79 Å². The minimum atomic E-state index is -1.65. The summed E-state index contributed by atoms with van der Waals surface area (Å²) in [5, 5.41) is 10.1. The van der Waals surface area contributed by atoms with Gasteiger partial charge in [-0.15, -0.1) is 0 Å². The third-order valence-electron chi connectivity index (χ3n) is 2.52. The van der Waals surface area contributed by atoms with Crippen LogP contribution < -0.4 is 4.74 Å². The number of ether oxygens (including phenoxy) is 2. The molecule has 4 nitrogen and oxygen atoms in total. The molecule has 0 bridgehead atoms. The van der Waals surface area contributed by atoms with Crippen molar-refractivity contribution < 1.29 is 19.4 Å². The second-order valence-corrected chi connectivity index (χ2v) is 3.90. The molecule has 0 radical (unpaired) electrons. The first-order valence-electron chi connectivity index (χ1n) is 5.44. The molecule has 4 heteroatoms. The first-order valence-corrected chi connectivity index (χ1v) is 5.44. The number of fused-ring (bicyclic) bond motifs is 1. The summed E-state index contributed by atoms with van der Waals surface area (Å²) >= 11 is 0. The third-order valence-corrected chi connectivity index (χ3v) is 2.52. The molecule has 0 fully saturated rings. The lowest BCUT2D eigenvalue weighted by molar-refractivity contribution is -0.148. The van der Waals surface area contributed by atoms with E-state index in [0.717, 1.165) is 5.56 Å². The lowest BCUT2D eigenvalue weighted by Crippen LogP contribution is -2.40. The smallest absolute Gasteiger partial charge is 0.340 e. The molecule has 1 aliphatic heterocycles. The van der Waals surface area contributed by atoms with E-state index < -0.39 is 11.8 Å². The van der Waals surface area contributed by atoms with Crippen molar-refractivity contribution in [3.05, 3.63) is 35.4 Å². The van der Waals surface area contributed by atoms with Crippen LogP contribution in [0.25, 0.3) is 6.08 Å². The van der Waals surface area contributed by atoms with Crippen LogP contribution in [-0.2, 0) is 9.53 Å². The highest BCUT2D eigenvalue weighted by atomic mass is 16.6. The van der Waals surface area contributed by atoms with Gasteiger partial charge in [-0.1, -0.05) is 18.2 Å². The van der Waals surface area contributed by atoms with Crippen LogP contribution in [0.3, 0.4) is 0 Å². The zero-order valence-corrected chi connectivity index (χ0v) is 9.77. The van der Waals surface area contributed by atoms with Crippen LogP contribution in [0.1, 0.15) is 19.4 Å². The number of benzene rings is 1. The van der Waals surface area contributed by atoms with Crippen molar-refractivity contribution in [2.24, 2.45) is 0 Å². The summed E-state index contributed by atoms with van der Waals surface area (Å²) in [4.78, 5) is 11.7. The number of carbonyl (C=O) groups excluding carboxylic acids is 1. The van der Waals surface area contributed by atoms with Gasteiger partial charge < -0.3 is 14.6 Å². The average molecular weight is 234 g/mol. The maximum Gasteiger partial charge on any atom is 0.340 e. The van der Waals surface area contributed by atoms with Crippen LogP contribution >= 0.6 is 0 Å². The Morgan fingerprint density at radius 2 is 2.18 bits per heavy atom. The summed E-state index contributed by atoms with van der Waals surface area (Å²) in [5.41, 5.74) is 0.861. The van der Waals surface area contributed by atoms with Gasteiger partial charge in [-0.25, -0.2) is 4.79 Å². The van der Waals surface area contributed by atoms with Crippen molar-refractivity contribution in [2.45, 2.75) is 19.6 Å². The third kappa shape index (κ3) is 2.17. The number of rotatable bonds is 2. The molecule has 17 heavy (non-hydrogen) atoms. The van der Waals surface area contributed by atoms with Crippen molar-refractivity contribution >= 4 is 12.0 Å². The Morgan fingerprint density at radius 3 is 2.88 bits per heavy atom. The Bertz CT molecular complexity index is 474. The lowest BCUT2D eigenvalue weighted by Gasteiger charge is -2.30. The summed E-state index contributed by atoms with van der Waals surface area (Å²) in [6, 6.07) is 7.19. The summed E-state index contributed by atoms with van der Waals surface area (Å²) in [6.45, 7) is 3.39. The van der Waals surface area contributed by atoms with Crippen LogP contribution in [0.2, 0.25) is 0 Å². The van der Waals surface area contributed by atoms with Crippen molar-refractivity contribution in [2.75, 3.05) is 6.61 Å². The topological polar surface area (TPSA) is 55.8 Å². The number of hydrogen-bond acceptors (Lipinski definition) is 4. The Hall–Kier alpha value is -1.81. The first-order chi connectivity index (χ1) is 8.04. The van der Waals surface area contributed by atoms with E-state index >= 15 is 0 Å². The Kier molecular flexibility index (Phi) is 2.90. The molecule has 1 heterocycles. The number of carbonyl (C=O) groups is 1. The molecule has 0 spiro atoms. The molecular weight excluding hydrogens is 220 g/mol. The molecule has 2 rings (SSSR count). The lowest BCUT2D eigenvalue weighted by atomic mass is 10.00. The number of para-hydroxylation sites is 1. The predicted molar refractivity (Wildman–Crippen MR) is 62.3 cm³/mol. The van der Waals surface area contributed by atoms with Crippen LogP contribution in [-0.4, -0.2) is 23.5 Å². The van der Waals surface area contributed by atoms with Crippen molar-refractivity contribution in [1.82, 2.24) is 0 Å². The monoisotopic (exact) mass is 234 g/mol. The maximum atomic E-state index is 11.7. The summed E-state index contributed by atoms with van der Waals surface area (Å²) < 4.78 is 10.3. The first kappa shape index (κ1) is 11.7. The van der Waals surface area contributed by atoms with Crippen LogP contribution in [0, 0.1) is 0 Å². The summed E-state index contributed by atoms with van der Waals surface area (Å²) in [6.07, 6.45) is 1.59. The predicted octanol–water partition coefficient (Wildman–Crippen LogP) is 1.73. The van der Waals surface area contributed by atoms with E-state index in [2.05, 4.69) is 0 Å². The van der Waals surface area contributed by atoms with Crippen molar-refractivity contribution in [3.8, 4) is 5.75 Å². The standard InChI is InChI=1S/C13H14O4/c1-3-16-12(14)10-8-9-6-4-5-7-11(9)17-13(10,2)15/h4-8,15H,3H2,1-2H3. The molecule has 0 aromatic heterocycles. The van der Waals surface area contributed by atoms with Gasteiger partial charge in [0.25, 0.3) is 0 Å². The average Bonchev–Trinajstić information content (AvgIpc) is 2.27. The van der Waals surface area contributed by atoms with Gasteiger partial charge in [0.15, 0.2) is 0 Å². The molecule has 1 atom stereocenters. The van der Waals surface area contributed by atoms with Gasteiger partial charge in [-0.3, -0.25) is 0 Å². The van der Waals surface area contributed by atoms with E-state index in [1.54, 1.807) is 25.1 Å². The van der Waals surface area contributed by atoms with Crippen molar-refractivity contribution in [3.63, 3.8) is 0 Å². The number of hydrogen-bond donors (Lipinski definition) is 1. The molecule has 0 saturated carbocycles. The Balaban J connectivity index is 2.43. The quantitative estimate of drug-likeness (QED) is 0.792. The SMILES string of the molecule is CCOC(=O)C1=Cc2ccccc2OC1(C)O. The van der Waals surface area contributed by atoms with Crippen LogP contribution in [0.15, 0.2) is 29.8 Å². The molecule has 1 aliphatic rings. The van der Waals surface area contributed by atoms with Gasteiger partial charge >= 0.3 is 5.97 Å². The zero-order valence-electron chi connectivity index (χ0n) is 9.77. The maximum absolute atomic E-state index is 11.7. The number of aliphatic hydroxyl groups is 1. The minimum absolute atomic E-state index is 0.109. The molecule has 90 valence electrons. The van der Waals surface area contributed by atoms with E-state index in [-0.39, 0.29) is 12.2 Å². The molecular formula is C13H14O4. The van der Waals surface area contributed by atoms with Gasteiger partial charge in [-0.2, -0.15) is 0 Å². The fourth-order valence-corrected chi connectivity index (χ4v) is 1.71. The minimum Gasteiger partial charge on any atom is -0.462 e. The normalized spacial score (nSPS) is 22.2. The van der Waals surface area contributed by atoms with E-state index in [1.807, 2.05) is 12.1 Å². The van der Waals surface area contributed by atoms with Gasteiger partial charge in [-0.05, 0) is 19.1 Å². The molecule has 1 aromatic carbocycles. The van der Waals surface area contributed by atoms with E-state index in [9.17, 15) is 9.90 Å². The molecule has 0 amide bonds. The Morgan fingerprint density at radius 1 is 1.47 bits per heavy atom. The summed E-state index contributed by atoms with van der Waals surface area (Å²) in [7, 11) is 0. The van der Waals surface area contributed by atoms with Crippen molar-refractivity contribution in [1.29, 1.82) is 0 Å². The zero-order chi connectivity index (χ0) is 12.5. The highest BCUT2D eigenvalue weighted by Crippen LogP contribution is 2.34. The van der Waals surface area contributed by atoms with E-state index in [0.29, 0.717) is 5.75 Å². The fraction of sp³-hybridized carbons (Fsp3) is 0.308. The highest BCUT2D eigenvalue weighted by Gasteiger charge is 2.37. The van der Waals surface area contributed by atoms with Gasteiger partial charge in [0.1, 0.15) is 11.3 Å².